The smallest absolute Gasteiger partial charge is 0.297 e. The van der Waals surface area contributed by atoms with E-state index in [0.29, 0.717) is 0 Å². The van der Waals surface area contributed by atoms with Crippen LogP contribution >= 0.6 is 15.5 Å². The molecule has 0 amide bonds. The molecular weight excluding hydrogens is 382 g/mol. The molecule has 0 aliphatic rings. The van der Waals surface area contributed by atoms with Gasteiger partial charge in [0.05, 0.1) is 13.2 Å². The van der Waals surface area contributed by atoms with Gasteiger partial charge in [-0.3, -0.25) is 18.1 Å². The summed E-state index contributed by atoms with van der Waals surface area (Å²) in [5.74, 6) is 0. The van der Waals surface area contributed by atoms with Crippen LogP contribution in [0.3, 0.4) is 0 Å². The van der Waals surface area contributed by atoms with E-state index in [0.717, 1.165) is 0 Å². The average Bonchev–Trinajstić information content (AvgIpc) is 2.33. The maximum Gasteiger partial charge on any atom is 0.415 e. The Bertz CT molecular complexity index is 423. The minimum absolute atomic E-state index is 0.303. The Labute approximate surface area is 127 Å². The Balaban J connectivity index is 5.23. The van der Waals surface area contributed by atoms with Crippen LogP contribution in [-0.2, 0) is 27.2 Å². The molecule has 0 rings (SSSR count). The maximum atomic E-state index is 12.1. The Hall–Kier alpha value is -0.160. The molecule has 0 aliphatic carbocycles. The average molecular weight is 397 g/mol. The SMILES string of the molecule is CCOP(=O)(NP(=O)(OCC(F)(F)F)OCC(F)(F)F)OCC. The van der Waals surface area contributed by atoms with Crippen molar-refractivity contribution in [2.24, 2.45) is 0 Å². The Morgan fingerprint density at radius 2 is 1.04 bits per heavy atom. The molecule has 0 heterocycles. The second-order valence-electron chi connectivity index (χ2n) is 3.71. The van der Waals surface area contributed by atoms with Crippen LogP contribution < -0.4 is 4.86 Å². The predicted molar refractivity (Wildman–Crippen MR) is 65.6 cm³/mol. The van der Waals surface area contributed by atoms with Gasteiger partial charge >= 0.3 is 27.8 Å². The van der Waals surface area contributed by atoms with Gasteiger partial charge in [-0.15, -0.1) is 4.86 Å². The number of hydrogen-bond donors (Lipinski definition) is 1. The number of halogens is 6. The molecule has 0 saturated carbocycles. The van der Waals surface area contributed by atoms with E-state index in [1.807, 2.05) is 0 Å². The summed E-state index contributed by atoms with van der Waals surface area (Å²) in [6, 6.07) is 0. The molecule has 0 spiro atoms. The summed E-state index contributed by atoms with van der Waals surface area (Å²) in [6.45, 7) is -2.39. The van der Waals surface area contributed by atoms with Crippen LogP contribution in [0.15, 0.2) is 0 Å². The number of alkyl halides is 6. The molecule has 0 bridgehead atoms. The molecular formula is C8H15F6NO6P2. The highest BCUT2D eigenvalue weighted by Gasteiger charge is 2.43. The fourth-order valence-corrected chi connectivity index (χ4v) is 4.58. The van der Waals surface area contributed by atoms with Crippen molar-refractivity contribution in [2.45, 2.75) is 26.2 Å². The highest BCUT2D eigenvalue weighted by molar-refractivity contribution is 7.67. The molecule has 1 N–H and O–H groups in total. The van der Waals surface area contributed by atoms with E-state index in [9.17, 15) is 35.5 Å². The van der Waals surface area contributed by atoms with Crippen molar-refractivity contribution in [3.8, 4) is 0 Å². The minimum Gasteiger partial charge on any atom is -0.297 e. The summed E-state index contributed by atoms with van der Waals surface area (Å²) >= 11 is 0. The quantitative estimate of drug-likeness (QED) is 0.440. The minimum atomic E-state index is -5.30. The van der Waals surface area contributed by atoms with Crippen LogP contribution in [0.2, 0.25) is 0 Å². The maximum absolute atomic E-state index is 12.1. The molecule has 0 atom stereocenters. The van der Waals surface area contributed by atoms with Crippen LogP contribution in [0.4, 0.5) is 26.3 Å². The lowest BCUT2D eigenvalue weighted by Crippen LogP contribution is -2.25. The highest BCUT2D eigenvalue weighted by Crippen LogP contribution is 2.58. The normalized spacial score (nSPS) is 14.3. The Morgan fingerprint density at radius 3 is 1.30 bits per heavy atom. The third-order valence-electron chi connectivity index (χ3n) is 1.64. The third kappa shape index (κ3) is 11.1. The van der Waals surface area contributed by atoms with E-state index in [-0.39, 0.29) is 13.2 Å². The molecule has 23 heavy (non-hydrogen) atoms. The first-order valence-electron chi connectivity index (χ1n) is 5.95. The summed E-state index contributed by atoms with van der Waals surface area (Å²) in [7, 11) is -9.80. The van der Waals surface area contributed by atoms with Crippen LogP contribution in [0.5, 0.6) is 0 Å². The predicted octanol–water partition coefficient (Wildman–Crippen LogP) is 4.02. The standard InChI is InChI=1S/C8H15F6NO6P2/c1-3-18-22(16,19-4-2)15-23(17,20-5-7(9,10)11)21-6-8(12,13)14/h3-6H2,1-2H3,(H,15,16,17). The van der Waals surface area contributed by atoms with Crippen molar-refractivity contribution >= 4 is 15.5 Å². The zero-order valence-corrected chi connectivity index (χ0v) is 13.7. The van der Waals surface area contributed by atoms with Gasteiger partial charge in [-0.05, 0) is 13.8 Å². The van der Waals surface area contributed by atoms with Crippen LogP contribution in [0.1, 0.15) is 13.8 Å². The summed E-state index contributed by atoms with van der Waals surface area (Å²) in [5, 5.41) is 0. The van der Waals surface area contributed by atoms with E-state index in [1.165, 1.54) is 18.7 Å². The zero-order valence-electron chi connectivity index (χ0n) is 11.9. The monoisotopic (exact) mass is 397 g/mol. The van der Waals surface area contributed by atoms with Gasteiger partial charge in [-0.1, -0.05) is 0 Å². The molecule has 0 aromatic rings. The highest BCUT2D eigenvalue weighted by atomic mass is 31.3. The van der Waals surface area contributed by atoms with Crippen molar-refractivity contribution in [3.63, 3.8) is 0 Å². The molecule has 0 unspecified atom stereocenters. The van der Waals surface area contributed by atoms with E-state index >= 15 is 0 Å². The first kappa shape index (κ1) is 22.8. The molecule has 0 aliphatic heterocycles. The molecule has 15 heteroatoms. The van der Waals surface area contributed by atoms with Crippen LogP contribution in [-0.4, -0.2) is 38.8 Å². The summed E-state index contributed by atoms with van der Waals surface area (Å²) in [4.78, 5) is 1.38. The Kier molecular flexibility index (Phi) is 8.73. The zero-order chi connectivity index (χ0) is 18.4. The lowest BCUT2D eigenvalue weighted by molar-refractivity contribution is -0.165. The number of rotatable bonds is 10. The van der Waals surface area contributed by atoms with Gasteiger partial charge in [-0.2, -0.15) is 26.3 Å². The van der Waals surface area contributed by atoms with Gasteiger partial charge in [0.1, 0.15) is 0 Å². The number of hydrogen-bond acceptors (Lipinski definition) is 6. The van der Waals surface area contributed by atoms with Crippen LogP contribution in [0, 0.1) is 0 Å². The van der Waals surface area contributed by atoms with E-state index in [4.69, 9.17) is 0 Å². The first-order chi connectivity index (χ1) is 10.2. The van der Waals surface area contributed by atoms with Gasteiger partial charge in [0.15, 0.2) is 13.2 Å². The summed E-state index contributed by atoms with van der Waals surface area (Å²) < 4.78 is 113. The first-order valence-corrected chi connectivity index (χ1v) is 9.04. The second kappa shape index (κ2) is 8.80. The van der Waals surface area contributed by atoms with Gasteiger partial charge in [-0.25, -0.2) is 9.13 Å². The molecule has 0 radical (unpaired) electrons. The fraction of sp³-hybridized carbons (Fsp3) is 1.00. The molecule has 0 aromatic carbocycles. The summed E-state index contributed by atoms with van der Waals surface area (Å²) in [6.07, 6.45) is -10.0. The van der Waals surface area contributed by atoms with Crippen molar-refractivity contribution in [1.29, 1.82) is 0 Å². The van der Waals surface area contributed by atoms with Gasteiger partial charge < -0.3 is 0 Å². The molecule has 0 saturated heterocycles. The third-order valence-corrected chi connectivity index (χ3v) is 5.73. The molecule has 0 fully saturated rings. The molecule has 7 nitrogen and oxygen atoms in total. The van der Waals surface area contributed by atoms with Gasteiger partial charge in [0.25, 0.3) is 0 Å². The largest absolute Gasteiger partial charge is 0.415 e. The van der Waals surface area contributed by atoms with Gasteiger partial charge in [0.2, 0.25) is 0 Å². The van der Waals surface area contributed by atoms with Gasteiger partial charge in [0, 0.05) is 0 Å². The van der Waals surface area contributed by atoms with E-state index in [1.54, 1.807) is 0 Å². The lowest BCUT2D eigenvalue weighted by Gasteiger charge is -2.24. The molecule has 140 valence electrons. The van der Waals surface area contributed by atoms with Crippen molar-refractivity contribution in [1.82, 2.24) is 4.86 Å². The number of nitrogens with one attached hydrogen (secondary N) is 1. The Morgan fingerprint density at radius 1 is 0.739 bits per heavy atom. The lowest BCUT2D eigenvalue weighted by atomic mass is 10.7. The van der Waals surface area contributed by atoms with E-state index < -0.39 is 41.1 Å². The van der Waals surface area contributed by atoms with Crippen molar-refractivity contribution in [2.75, 3.05) is 26.4 Å². The van der Waals surface area contributed by atoms with Crippen molar-refractivity contribution < 1.29 is 53.6 Å². The van der Waals surface area contributed by atoms with Crippen LogP contribution in [0.25, 0.3) is 0 Å². The summed E-state index contributed by atoms with van der Waals surface area (Å²) in [5.41, 5.74) is 0. The van der Waals surface area contributed by atoms with Crippen molar-refractivity contribution in [3.05, 3.63) is 0 Å². The van der Waals surface area contributed by atoms with E-state index in [2.05, 4.69) is 18.1 Å². The topological polar surface area (TPSA) is 83.1 Å². The molecule has 0 aromatic heterocycles. The second-order valence-corrected chi connectivity index (χ2v) is 7.53. The fourth-order valence-electron chi connectivity index (χ4n) is 0.996.